The van der Waals surface area contributed by atoms with Crippen LogP contribution in [0.2, 0.25) is 0 Å². The Labute approximate surface area is 116 Å². The number of aryl methyl sites for hydroxylation is 2. The minimum atomic E-state index is -2.80. The summed E-state index contributed by atoms with van der Waals surface area (Å²) in [6.45, 7) is 6.84. The van der Waals surface area contributed by atoms with Crippen molar-refractivity contribution in [1.82, 2.24) is 14.7 Å². The average Bonchev–Trinajstić information content (AvgIpc) is 2.59. The van der Waals surface area contributed by atoms with Gasteiger partial charge in [-0.1, -0.05) is 0 Å². The highest BCUT2D eigenvalue weighted by Crippen LogP contribution is 2.23. The van der Waals surface area contributed by atoms with Crippen LogP contribution in [0, 0.1) is 6.92 Å². The maximum absolute atomic E-state index is 11.4. The monoisotopic (exact) mass is 335 g/mol. The Hall–Kier alpha value is -0.400. The second kappa shape index (κ2) is 5.30. The Morgan fingerprint density at radius 3 is 2.50 bits per heavy atom. The van der Waals surface area contributed by atoms with E-state index >= 15 is 0 Å². The first-order chi connectivity index (χ1) is 8.43. The zero-order valence-electron chi connectivity index (χ0n) is 10.7. The minimum Gasteiger partial charge on any atom is -0.295 e. The van der Waals surface area contributed by atoms with Crippen molar-refractivity contribution in [1.29, 1.82) is 0 Å². The summed E-state index contributed by atoms with van der Waals surface area (Å²) in [4.78, 5) is 2.18. The highest BCUT2D eigenvalue weighted by molar-refractivity contribution is 9.10. The van der Waals surface area contributed by atoms with Crippen LogP contribution in [0.4, 0.5) is 0 Å². The second-order valence-corrected chi connectivity index (χ2v) is 7.69. The van der Waals surface area contributed by atoms with Crippen LogP contribution in [0.3, 0.4) is 0 Å². The summed E-state index contributed by atoms with van der Waals surface area (Å²) in [5.74, 6) is 0.535. The molecule has 1 aliphatic rings. The number of rotatable bonds is 3. The van der Waals surface area contributed by atoms with E-state index in [0.29, 0.717) is 13.1 Å². The molecule has 0 aliphatic carbocycles. The zero-order valence-corrected chi connectivity index (χ0v) is 13.1. The van der Waals surface area contributed by atoms with E-state index < -0.39 is 9.84 Å². The Bertz CT molecular complexity index is 525. The van der Waals surface area contributed by atoms with Gasteiger partial charge >= 0.3 is 0 Å². The molecular weight excluding hydrogens is 318 g/mol. The Morgan fingerprint density at radius 1 is 1.33 bits per heavy atom. The van der Waals surface area contributed by atoms with Gasteiger partial charge in [0.15, 0.2) is 9.84 Å². The normalized spacial score (nSPS) is 20.2. The number of hydrogen-bond acceptors (Lipinski definition) is 4. The van der Waals surface area contributed by atoms with Crippen LogP contribution in [0.1, 0.15) is 18.3 Å². The summed E-state index contributed by atoms with van der Waals surface area (Å²) >= 11 is 3.56. The molecule has 0 aromatic carbocycles. The van der Waals surface area contributed by atoms with Gasteiger partial charge in [-0.05, 0) is 29.8 Å². The van der Waals surface area contributed by atoms with E-state index in [-0.39, 0.29) is 11.5 Å². The van der Waals surface area contributed by atoms with Crippen molar-refractivity contribution < 1.29 is 8.42 Å². The van der Waals surface area contributed by atoms with E-state index in [1.165, 1.54) is 0 Å². The molecule has 0 bridgehead atoms. The topological polar surface area (TPSA) is 55.2 Å². The van der Waals surface area contributed by atoms with Gasteiger partial charge in [0, 0.05) is 26.2 Å². The van der Waals surface area contributed by atoms with Crippen molar-refractivity contribution in [2.45, 2.75) is 26.9 Å². The summed E-state index contributed by atoms with van der Waals surface area (Å²) in [5, 5.41) is 4.45. The van der Waals surface area contributed by atoms with Gasteiger partial charge in [-0.3, -0.25) is 9.58 Å². The average molecular weight is 336 g/mol. The maximum atomic E-state index is 11.4. The molecule has 1 aromatic heterocycles. The van der Waals surface area contributed by atoms with Crippen molar-refractivity contribution in [3.8, 4) is 0 Å². The highest BCUT2D eigenvalue weighted by Gasteiger charge is 2.23. The van der Waals surface area contributed by atoms with Crippen molar-refractivity contribution >= 4 is 25.8 Å². The van der Waals surface area contributed by atoms with Gasteiger partial charge in [-0.2, -0.15) is 5.10 Å². The minimum absolute atomic E-state index is 0.268. The standard InChI is InChI=1S/C11H18BrN3O2S/c1-3-15-10(11(12)9(2)13-15)8-14-4-6-18(16,17)7-5-14/h3-8H2,1-2H3. The fraction of sp³-hybridized carbons (Fsp3) is 0.727. The Kier molecular flexibility index (Phi) is 4.13. The molecule has 1 aromatic rings. The number of sulfone groups is 1. The molecule has 0 amide bonds. The predicted molar refractivity (Wildman–Crippen MR) is 74.3 cm³/mol. The largest absolute Gasteiger partial charge is 0.295 e. The lowest BCUT2D eigenvalue weighted by molar-refractivity contribution is 0.278. The highest BCUT2D eigenvalue weighted by atomic mass is 79.9. The molecule has 2 rings (SSSR count). The molecule has 18 heavy (non-hydrogen) atoms. The lowest BCUT2D eigenvalue weighted by atomic mass is 10.3. The lowest BCUT2D eigenvalue weighted by Crippen LogP contribution is -2.40. The number of aromatic nitrogens is 2. The molecule has 0 radical (unpaired) electrons. The van der Waals surface area contributed by atoms with E-state index in [2.05, 4.69) is 32.9 Å². The molecular formula is C11H18BrN3O2S. The maximum Gasteiger partial charge on any atom is 0.152 e. The van der Waals surface area contributed by atoms with Crippen LogP contribution in [0.15, 0.2) is 4.47 Å². The second-order valence-electron chi connectivity index (χ2n) is 4.59. The SMILES string of the molecule is CCn1nc(C)c(Br)c1CN1CCS(=O)(=O)CC1. The summed E-state index contributed by atoms with van der Waals surface area (Å²) in [6, 6.07) is 0. The van der Waals surface area contributed by atoms with Crippen molar-refractivity contribution in [2.75, 3.05) is 24.6 Å². The Balaban J connectivity index is 2.11. The molecule has 1 fully saturated rings. The molecule has 2 heterocycles. The van der Waals surface area contributed by atoms with Crippen LogP contribution in [-0.4, -0.2) is 47.7 Å². The summed E-state index contributed by atoms with van der Waals surface area (Å²) < 4.78 is 25.8. The molecule has 0 spiro atoms. The van der Waals surface area contributed by atoms with Crippen molar-refractivity contribution in [3.63, 3.8) is 0 Å². The smallest absolute Gasteiger partial charge is 0.152 e. The molecule has 0 saturated carbocycles. The summed E-state index contributed by atoms with van der Waals surface area (Å²) in [7, 11) is -2.80. The van der Waals surface area contributed by atoms with Gasteiger partial charge in [0.05, 0.1) is 27.4 Å². The third-order valence-electron chi connectivity index (χ3n) is 3.26. The van der Waals surface area contributed by atoms with Crippen LogP contribution < -0.4 is 0 Å². The quantitative estimate of drug-likeness (QED) is 0.832. The van der Waals surface area contributed by atoms with Gasteiger partial charge in [0.2, 0.25) is 0 Å². The van der Waals surface area contributed by atoms with Crippen LogP contribution >= 0.6 is 15.9 Å². The molecule has 0 N–H and O–H groups in total. The fourth-order valence-corrected chi connectivity index (χ4v) is 3.83. The first-order valence-electron chi connectivity index (χ1n) is 6.07. The van der Waals surface area contributed by atoms with Gasteiger partial charge in [0.25, 0.3) is 0 Å². The van der Waals surface area contributed by atoms with Crippen LogP contribution in [0.5, 0.6) is 0 Å². The summed E-state index contributed by atoms with van der Waals surface area (Å²) in [6.07, 6.45) is 0. The van der Waals surface area contributed by atoms with E-state index in [4.69, 9.17) is 0 Å². The molecule has 7 heteroatoms. The van der Waals surface area contributed by atoms with Gasteiger partial charge in [-0.15, -0.1) is 0 Å². The number of halogens is 1. The van der Waals surface area contributed by atoms with Gasteiger partial charge in [-0.25, -0.2) is 8.42 Å². The fourth-order valence-electron chi connectivity index (χ4n) is 2.14. The molecule has 5 nitrogen and oxygen atoms in total. The third-order valence-corrected chi connectivity index (χ3v) is 5.90. The van der Waals surface area contributed by atoms with E-state index in [0.717, 1.165) is 29.0 Å². The first-order valence-corrected chi connectivity index (χ1v) is 8.69. The van der Waals surface area contributed by atoms with Crippen molar-refractivity contribution in [3.05, 3.63) is 15.9 Å². The van der Waals surface area contributed by atoms with Gasteiger partial charge < -0.3 is 0 Å². The van der Waals surface area contributed by atoms with Crippen LogP contribution in [-0.2, 0) is 22.9 Å². The van der Waals surface area contributed by atoms with Crippen LogP contribution in [0.25, 0.3) is 0 Å². The molecule has 0 unspecified atom stereocenters. The number of hydrogen-bond donors (Lipinski definition) is 0. The van der Waals surface area contributed by atoms with E-state index in [1.807, 2.05) is 11.6 Å². The molecule has 0 atom stereocenters. The van der Waals surface area contributed by atoms with E-state index in [1.54, 1.807) is 0 Å². The first kappa shape index (κ1) is 14.0. The van der Waals surface area contributed by atoms with E-state index in [9.17, 15) is 8.42 Å². The number of nitrogens with zero attached hydrogens (tertiary/aromatic N) is 3. The zero-order chi connectivity index (χ0) is 13.3. The molecule has 1 aliphatic heterocycles. The predicted octanol–water partition coefficient (Wildman–Crippen LogP) is 1.20. The Morgan fingerprint density at radius 2 is 1.94 bits per heavy atom. The lowest BCUT2D eigenvalue weighted by Gasteiger charge is -2.26. The third kappa shape index (κ3) is 2.95. The molecule has 1 saturated heterocycles. The molecule has 102 valence electrons. The summed E-state index contributed by atoms with van der Waals surface area (Å²) in [5.41, 5.74) is 2.12. The van der Waals surface area contributed by atoms with Gasteiger partial charge in [0.1, 0.15) is 0 Å². The van der Waals surface area contributed by atoms with Crippen molar-refractivity contribution in [2.24, 2.45) is 0 Å².